The van der Waals surface area contributed by atoms with E-state index in [1.165, 1.54) is 62.9 Å². The van der Waals surface area contributed by atoms with Crippen LogP contribution in [0.4, 0.5) is 0 Å². The molecule has 3 nitrogen and oxygen atoms in total. The SMILES string of the molecule is CCCCCCCCCCCCC(=O)N1CCO1. The van der Waals surface area contributed by atoms with Gasteiger partial charge in [0.25, 0.3) is 0 Å². The van der Waals surface area contributed by atoms with E-state index in [1.807, 2.05) is 0 Å². The molecule has 0 N–H and O–H groups in total. The Bertz CT molecular complexity index is 215. The van der Waals surface area contributed by atoms with E-state index in [9.17, 15) is 4.79 Å². The van der Waals surface area contributed by atoms with E-state index < -0.39 is 0 Å². The molecule has 1 aliphatic heterocycles. The topological polar surface area (TPSA) is 29.5 Å². The maximum Gasteiger partial charge on any atom is 0.246 e. The molecule has 1 fully saturated rings. The molecule has 0 aromatic heterocycles. The van der Waals surface area contributed by atoms with Crippen LogP contribution in [0.5, 0.6) is 0 Å². The minimum Gasteiger partial charge on any atom is -0.273 e. The summed E-state index contributed by atoms with van der Waals surface area (Å²) in [7, 11) is 0. The minimum absolute atomic E-state index is 0.167. The van der Waals surface area contributed by atoms with Crippen molar-refractivity contribution in [2.24, 2.45) is 0 Å². The number of carbonyl (C=O) groups is 1. The second-order valence-electron chi connectivity index (χ2n) is 5.26. The van der Waals surface area contributed by atoms with Crippen LogP contribution in [-0.2, 0) is 9.63 Å². The molecule has 3 heteroatoms. The average molecular weight is 255 g/mol. The molecule has 1 rings (SSSR count). The summed E-state index contributed by atoms with van der Waals surface area (Å²) in [5.41, 5.74) is 0. The van der Waals surface area contributed by atoms with E-state index >= 15 is 0 Å². The van der Waals surface area contributed by atoms with Crippen molar-refractivity contribution in [3.05, 3.63) is 0 Å². The highest BCUT2D eigenvalue weighted by atomic mass is 16.7. The van der Waals surface area contributed by atoms with Gasteiger partial charge in [0.1, 0.15) is 0 Å². The number of hydroxylamine groups is 2. The summed E-state index contributed by atoms with van der Waals surface area (Å²) in [5, 5.41) is 1.49. The van der Waals surface area contributed by atoms with Gasteiger partial charge in [-0.3, -0.25) is 9.63 Å². The van der Waals surface area contributed by atoms with Gasteiger partial charge in [0, 0.05) is 6.42 Å². The number of carbonyl (C=O) groups excluding carboxylic acids is 1. The summed E-state index contributed by atoms with van der Waals surface area (Å²) >= 11 is 0. The van der Waals surface area contributed by atoms with Gasteiger partial charge in [0.05, 0.1) is 13.2 Å². The molecule has 1 amide bonds. The van der Waals surface area contributed by atoms with Crippen LogP contribution < -0.4 is 0 Å². The van der Waals surface area contributed by atoms with E-state index in [1.54, 1.807) is 0 Å². The van der Waals surface area contributed by atoms with Gasteiger partial charge in [0.15, 0.2) is 0 Å². The van der Waals surface area contributed by atoms with Crippen LogP contribution in [0.15, 0.2) is 0 Å². The number of rotatable bonds is 11. The lowest BCUT2D eigenvalue weighted by Crippen LogP contribution is -2.43. The third-order valence-corrected chi connectivity index (χ3v) is 3.56. The maximum absolute atomic E-state index is 11.5. The summed E-state index contributed by atoms with van der Waals surface area (Å²) in [6.45, 7) is 3.76. The quantitative estimate of drug-likeness (QED) is 0.521. The number of unbranched alkanes of at least 4 members (excludes halogenated alkanes) is 9. The van der Waals surface area contributed by atoms with Crippen LogP contribution in [-0.4, -0.2) is 24.1 Å². The molecule has 18 heavy (non-hydrogen) atoms. The van der Waals surface area contributed by atoms with Crippen LogP contribution in [0.1, 0.15) is 77.6 Å². The van der Waals surface area contributed by atoms with Crippen molar-refractivity contribution >= 4 is 5.91 Å². The number of amides is 1. The third-order valence-electron chi connectivity index (χ3n) is 3.56. The molecular formula is C15H29NO2. The van der Waals surface area contributed by atoms with E-state index in [0.717, 1.165) is 13.0 Å². The van der Waals surface area contributed by atoms with Gasteiger partial charge in [0.2, 0.25) is 5.91 Å². The molecule has 0 spiro atoms. The van der Waals surface area contributed by atoms with Crippen molar-refractivity contribution in [1.29, 1.82) is 0 Å². The number of hydrogen-bond donors (Lipinski definition) is 0. The fourth-order valence-corrected chi connectivity index (χ4v) is 2.27. The Morgan fingerprint density at radius 3 is 1.89 bits per heavy atom. The molecule has 1 saturated heterocycles. The van der Waals surface area contributed by atoms with Gasteiger partial charge in [-0.05, 0) is 6.42 Å². The third kappa shape index (κ3) is 7.00. The first kappa shape index (κ1) is 15.5. The van der Waals surface area contributed by atoms with Gasteiger partial charge >= 0.3 is 0 Å². The van der Waals surface area contributed by atoms with Crippen molar-refractivity contribution in [3.8, 4) is 0 Å². The molecule has 0 bridgehead atoms. The first-order valence-corrected chi connectivity index (χ1v) is 7.78. The molecular weight excluding hydrogens is 226 g/mol. The first-order chi connectivity index (χ1) is 8.84. The highest BCUT2D eigenvalue weighted by molar-refractivity contribution is 5.75. The predicted molar refractivity (Wildman–Crippen MR) is 74.1 cm³/mol. The Kier molecular flexibility index (Phi) is 8.92. The summed E-state index contributed by atoms with van der Waals surface area (Å²) in [6, 6.07) is 0. The van der Waals surface area contributed by atoms with Crippen molar-refractivity contribution in [2.45, 2.75) is 77.6 Å². The minimum atomic E-state index is 0.167. The molecule has 1 heterocycles. The van der Waals surface area contributed by atoms with Crippen LogP contribution in [0.25, 0.3) is 0 Å². The van der Waals surface area contributed by atoms with Crippen molar-refractivity contribution < 1.29 is 9.63 Å². The van der Waals surface area contributed by atoms with Gasteiger partial charge in [-0.25, -0.2) is 5.06 Å². The van der Waals surface area contributed by atoms with Gasteiger partial charge in [-0.1, -0.05) is 64.7 Å². The summed E-state index contributed by atoms with van der Waals surface area (Å²) in [6.07, 6.45) is 13.8. The van der Waals surface area contributed by atoms with E-state index in [4.69, 9.17) is 4.84 Å². The van der Waals surface area contributed by atoms with Crippen LogP contribution >= 0.6 is 0 Å². The second kappa shape index (κ2) is 10.4. The molecule has 0 unspecified atom stereocenters. The summed E-state index contributed by atoms with van der Waals surface area (Å²) in [5.74, 6) is 0.167. The molecule has 1 aliphatic rings. The lowest BCUT2D eigenvalue weighted by Gasteiger charge is -2.29. The molecule has 0 saturated carbocycles. The predicted octanol–water partition coefficient (Wildman–Crippen LogP) is 4.07. The largest absolute Gasteiger partial charge is 0.273 e. The highest BCUT2D eigenvalue weighted by Crippen LogP contribution is 2.12. The van der Waals surface area contributed by atoms with Crippen LogP contribution in [0.2, 0.25) is 0 Å². The standard InChI is InChI=1S/C15H29NO2/c1-2-3-4-5-6-7-8-9-10-11-12-15(17)16-13-14-18-16/h2-14H2,1H3. The van der Waals surface area contributed by atoms with Gasteiger partial charge in [-0.15, -0.1) is 0 Å². The Balaban J connectivity index is 1.74. The van der Waals surface area contributed by atoms with Crippen molar-refractivity contribution in [2.75, 3.05) is 13.2 Å². The Morgan fingerprint density at radius 1 is 0.944 bits per heavy atom. The Hall–Kier alpha value is -0.570. The molecule has 0 aliphatic carbocycles. The average Bonchev–Trinajstić information content (AvgIpc) is 2.29. The van der Waals surface area contributed by atoms with Crippen molar-refractivity contribution in [3.63, 3.8) is 0 Å². The first-order valence-electron chi connectivity index (χ1n) is 7.78. The number of hydrogen-bond acceptors (Lipinski definition) is 2. The Morgan fingerprint density at radius 2 is 1.44 bits per heavy atom. The lowest BCUT2D eigenvalue weighted by molar-refractivity contribution is -0.239. The van der Waals surface area contributed by atoms with Crippen LogP contribution in [0, 0.1) is 0 Å². The lowest BCUT2D eigenvalue weighted by atomic mass is 10.1. The zero-order valence-corrected chi connectivity index (χ0v) is 12.0. The van der Waals surface area contributed by atoms with E-state index in [-0.39, 0.29) is 5.91 Å². The van der Waals surface area contributed by atoms with E-state index in [2.05, 4.69) is 6.92 Å². The van der Waals surface area contributed by atoms with Crippen molar-refractivity contribution in [1.82, 2.24) is 5.06 Å². The summed E-state index contributed by atoms with van der Waals surface area (Å²) < 4.78 is 0. The maximum atomic E-state index is 11.5. The molecule has 0 atom stereocenters. The molecule has 0 aromatic rings. The van der Waals surface area contributed by atoms with E-state index in [0.29, 0.717) is 13.0 Å². The number of nitrogens with zero attached hydrogens (tertiary/aromatic N) is 1. The zero-order chi connectivity index (χ0) is 13.1. The fourth-order valence-electron chi connectivity index (χ4n) is 2.27. The smallest absolute Gasteiger partial charge is 0.246 e. The normalized spacial score (nSPS) is 14.6. The molecule has 0 radical (unpaired) electrons. The monoisotopic (exact) mass is 255 g/mol. The molecule has 106 valence electrons. The highest BCUT2D eigenvalue weighted by Gasteiger charge is 2.20. The van der Waals surface area contributed by atoms with Gasteiger partial charge < -0.3 is 0 Å². The zero-order valence-electron chi connectivity index (χ0n) is 12.0. The van der Waals surface area contributed by atoms with Gasteiger partial charge in [-0.2, -0.15) is 0 Å². The summed E-state index contributed by atoms with van der Waals surface area (Å²) in [4.78, 5) is 16.5. The Labute approximate surface area is 112 Å². The fraction of sp³-hybridized carbons (Fsp3) is 0.933. The van der Waals surface area contributed by atoms with Crippen LogP contribution in [0.3, 0.4) is 0 Å². The second-order valence-corrected chi connectivity index (χ2v) is 5.26. The molecule has 0 aromatic carbocycles.